The van der Waals surface area contributed by atoms with Gasteiger partial charge < -0.3 is 10.1 Å². The number of anilines is 1. The molecule has 0 saturated carbocycles. The average Bonchev–Trinajstić information content (AvgIpc) is 2.80. The molecule has 7 nitrogen and oxygen atoms in total. The van der Waals surface area contributed by atoms with E-state index >= 15 is 0 Å². The standard InChI is InChI=1S/C23H15Cl2N3O4/c24-20-5-2-6-21(22(20)25)27-23(29)17(13-26)11-15-7-9-19(10-8-15)32-14-16-3-1-4-18(12-16)28(30)31/h1-12H,14H2,(H,27,29)/b17-11-. The lowest BCUT2D eigenvalue weighted by Gasteiger charge is -2.08. The fourth-order valence-corrected chi connectivity index (χ4v) is 3.04. The van der Waals surface area contributed by atoms with E-state index < -0.39 is 10.8 Å². The van der Waals surface area contributed by atoms with Gasteiger partial charge in [-0.25, -0.2) is 0 Å². The molecule has 9 heteroatoms. The van der Waals surface area contributed by atoms with Crippen LogP contribution in [0.15, 0.2) is 72.3 Å². The smallest absolute Gasteiger partial charge is 0.269 e. The Morgan fingerprint density at radius 2 is 1.84 bits per heavy atom. The van der Waals surface area contributed by atoms with Gasteiger partial charge >= 0.3 is 0 Å². The number of amides is 1. The number of non-ortho nitro benzene ring substituents is 1. The number of nitro benzene ring substituents is 1. The molecule has 0 aliphatic heterocycles. The van der Waals surface area contributed by atoms with Gasteiger partial charge in [0.2, 0.25) is 0 Å². The highest BCUT2D eigenvalue weighted by Crippen LogP contribution is 2.30. The fraction of sp³-hybridized carbons (Fsp3) is 0.0435. The molecule has 0 saturated heterocycles. The van der Waals surface area contributed by atoms with Gasteiger partial charge in [-0.3, -0.25) is 14.9 Å². The molecule has 3 aromatic rings. The summed E-state index contributed by atoms with van der Waals surface area (Å²) in [4.78, 5) is 22.8. The second kappa shape index (κ2) is 10.4. The summed E-state index contributed by atoms with van der Waals surface area (Å²) < 4.78 is 5.65. The number of hydrogen-bond donors (Lipinski definition) is 1. The van der Waals surface area contributed by atoms with Crippen molar-refractivity contribution in [1.82, 2.24) is 0 Å². The molecule has 3 rings (SSSR count). The van der Waals surface area contributed by atoms with E-state index in [0.29, 0.717) is 22.6 Å². The van der Waals surface area contributed by atoms with E-state index in [9.17, 15) is 20.2 Å². The lowest BCUT2D eigenvalue weighted by atomic mass is 10.1. The summed E-state index contributed by atoms with van der Waals surface area (Å²) in [6, 6.07) is 19.5. The Balaban J connectivity index is 1.67. The average molecular weight is 468 g/mol. The fourth-order valence-electron chi connectivity index (χ4n) is 2.69. The van der Waals surface area contributed by atoms with Gasteiger partial charge in [-0.15, -0.1) is 0 Å². The minimum Gasteiger partial charge on any atom is -0.489 e. The predicted octanol–water partition coefficient (Wildman–Crippen LogP) is 6.03. The molecule has 0 radical (unpaired) electrons. The van der Waals surface area contributed by atoms with E-state index in [0.717, 1.165) is 0 Å². The Bertz CT molecular complexity index is 1230. The molecule has 1 N–H and O–H groups in total. The normalized spacial score (nSPS) is 10.8. The maximum atomic E-state index is 12.4. The van der Waals surface area contributed by atoms with Gasteiger partial charge in [0.15, 0.2) is 0 Å². The molecule has 0 unspecified atom stereocenters. The first-order valence-electron chi connectivity index (χ1n) is 9.20. The zero-order valence-corrected chi connectivity index (χ0v) is 17.9. The Hall–Kier alpha value is -3.86. The van der Waals surface area contributed by atoms with E-state index in [4.69, 9.17) is 27.9 Å². The van der Waals surface area contributed by atoms with Crippen LogP contribution in [0.25, 0.3) is 6.08 Å². The molecule has 160 valence electrons. The van der Waals surface area contributed by atoms with E-state index in [1.165, 1.54) is 18.2 Å². The number of nitrogens with zero attached hydrogens (tertiary/aromatic N) is 2. The molecule has 0 aliphatic carbocycles. The van der Waals surface area contributed by atoms with Crippen LogP contribution in [0.1, 0.15) is 11.1 Å². The van der Waals surface area contributed by atoms with Gasteiger partial charge in [0, 0.05) is 12.1 Å². The highest BCUT2D eigenvalue weighted by atomic mass is 35.5. The van der Waals surface area contributed by atoms with Crippen molar-refractivity contribution in [3.8, 4) is 11.8 Å². The maximum Gasteiger partial charge on any atom is 0.269 e. The number of hydrogen-bond acceptors (Lipinski definition) is 5. The molecule has 1 amide bonds. The van der Waals surface area contributed by atoms with Gasteiger partial charge in [-0.1, -0.05) is 53.5 Å². The highest BCUT2D eigenvalue weighted by molar-refractivity contribution is 6.44. The SMILES string of the molecule is N#C/C(=C/c1ccc(OCc2cccc([N+](=O)[O-])c2)cc1)C(=O)Nc1cccc(Cl)c1Cl. The van der Waals surface area contributed by atoms with Crippen molar-refractivity contribution in [2.75, 3.05) is 5.32 Å². The van der Waals surface area contributed by atoms with E-state index in [2.05, 4.69) is 5.32 Å². The molecule has 32 heavy (non-hydrogen) atoms. The van der Waals surface area contributed by atoms with Crippen LogP contribution in [0.2, 0.25) is 10.0 Å². The molecule has 0 spiro atoms. The van der Waals surface area contributed by atoms with Gasteiger partial charge in [0.25, 0.3) is 11.6 Å². The summed E-state index contributed by atoms with van der Waals surface area (Å²) in [6.07, 6.45) is 1.43. The Morgan fingerprint density at radius 3 is 2.53 bits per heavy atom. The van der Waals surface area contributed by atoms with Crippen LogP contribution in [0.5, 0.6) is 5.75 Å². The summed E-state index contributed by atoms with van der Waals surface area (Å²) in [5, 5.41) is 23.3. The van der Waals surface area contributed by atoms with Crippen molar-refractivity contribution >= 4 is 46.6 Å². The first kappa shape index (κ1) is 22.8. The van der Waals surface area contributed by atoms with Crippen LogP contribution in [0, 0.1) is 21.4 Å². The first-order chi connectivity index (χ1) is 15.4. The lowest BCUT2D eigenvalue weighted by molar-refractivity contribution is -0.384. The Labute approximate surface area is 193 Å². The first-order valence-corrected chi connectivity index (χ1v) is 9.96. The van der Waals surface area contributed by atoms with Gasteiger partial charge in [0.1, 0.15) is 24.0 Å². The third-order valence-corrected chi connectivity index (χ3v) is 5.10. The number of nitriles is 1. The number of benzene rings is 3. The number of ether oxygens (including phenoxy) is 1. The van der Waals surface area contributed by atoms with Crippen molar-refractivity contribution in [2.24, 2.45) is 0 Å². The third kappa shape index (κ3) is 5.85. The van der Waals surface area contributed by atoms with Gasteiger partial charge in [-0.05, 0) is 41.5 Å². The van der Waals surface area contributed by atoms with Crippen molar-refractivity contribution in [1.29, 1.82) is 5.26 Å². The van der Waals surface area contributed by atoms with Crippen LogP contribution in [-0.4, -0.2) is 10.8 Å². The quantitative estimate of drug-likeness (QED) is 0.197. The Morgan fingerprint density at radius 1 is 1.12 bits per heavy atom. The summed E-state index contributed by atoms with van der Waals surface area (Å²) in [5.74, 6) is -0.0926. The third-order valence-electron chi connectivity index (χ3n) is 4.28. The van der Waals surface area contributed by atoms with Crippen molar-refractivity contribution in [2.45, 2.75) is 6.61 Å². The monoisotopic (exact) mass is 467 g/mol. The predicted molar refractivity (Wildman–Crippen MR) is 123 cm³/mol. The van der Waals surface area contributed by atoms with Crippen LogP contribution in [0.4, 0.5) is 11.4 Å². The minimum absolute atomic E-state index is 0.00652. The maximum absolute atomic E-state index is 12.4. The summed E-state index contributed by atoms with van der Waals surface area (Å²) in [5.41, 5.74) is 1.44. The summed E-state index contributed by atoms with van der Waals surface area (Å²) >= 11 is 12.0. The molecule has 0 bridgehead atoms. The highest BCUT2D eigenvalue weighted by Gasteiger charge is 2.13. The largest absolute Gasteiger partial charge is 0.489 e. The number of rotatable bonds is 7. The number of nitrogens with one attached hydrogen (secondary N) is 1. The molecular weight excluding hydrogens is 453 g/mol. The molecule has 0 heterocycles. The second-order valence-electron chi connectivity index (χ2n) is 6.51. The Kier molecular flexibility index (Phi) is 7.45. The van der Waals surface area contributed by atoms with E-state index in [-0.39, 0.29) is 27.9 Å². The zero-order valence-electron chi connectivity index (χ0n) is 16.4. The van der Waals surface area contributed by atoms with Gasteiger partial charge in [0.05, 0.1) is 20.7 Å². The number of halogens is 2. The van der Waals surface area contributed by atoms with Crippen LogP contribution < -0.4 is 10.1 Å². The van der Waals surface area contributed by atoms with Crippen molar-refractivity contribution in [3.63, 3.8) is 0 Å². The molecule has 3 aromatic carbocycles. The van der Waals surface area contributed by atoms with Crippen LogP contribution in [-0.2, 0) is 11.4 Å². The van der Waals surface area contributed by atoms with Crippen LogP contribution in [0.3, 0.4) is 0 Å². The zero-order chi connectivity index (χ0) is 23.1. The summed E-state index contributed by atoms with van der Waals surface area (Å²) in [7, 11) is 0. The van der Waals surface area contributed by atoms with E-state index in [1.807, 2.05) is 6.07 Å². The number of carbonyl (C=O) groups is 1. The number of nitro groups is 1. The van der Waals surface area contributed by atoms with Crippen molar-refractivity contribution < 1.29 is 14.5 Å². The van der Waals surface area contributed by atoms with Crippen LogP contribution >= 0.6 is 23.2 Å². The molecule has 0 fully saturated rings. The lowest BCUT2D eigenvalue weighted by Crippen LogP contribution is -2.13. The number of carbonyl (C=O) groups excluding carboxylic acids is 1. The molecule has 0 aromatic heterocycles. The van der Waals surface area contributed by atoms with Gasteiger partial charge in [-0.2, -0.15) is 5.26 Å². The molecule has 0 aliphatic rings. The van der Waals surface area contributed by atoms with Crippen molar-refractivity contribution in [3.05, 3.63) is 104 Å². The topological polar surface area (TPSA) is 105 Å². The summed E-state index contributed by atoms with van der Waals surface area (Å²) in [6.45, 7) is 0.156. The molecular formula is C23H15Cl2N3O4. The minimum atomic E-state index is -0.623. The van der Waals surface area contributed by atoms with E-state index in [1.54, 1.807) is 54.6 Å². The second-order valence-corrected chi connectivity index (χ2v) is 7.30. The molecule has 0 atom stereocenters.